The van der Waals surface area contributed by atoms with Gasteiger partial charge < -0.3 is 5.11 Å². The lowest BCUT2D eigenvalue weighted by molar-refractivity contribution is 0.0424. The van der Waals surface area contributed by atoms with Crippen molar-refractivity contribution in [1.29, 1.82) is 0 Å². The number of nitrogens with zero attached hydrogens (tertiary/aromatic N) is 4. The zero-order valence-corrected chi connectivity index (χ0v) is 12.4. The topological polar surface area (TPSA) is 70.7 Å². The van der Waals surface area contributed by atoms with Gasteiger partial charge in [0.25, 0.3) is 5.56 Å². The van der Waals surface area contributed by atoms with E-state index < -0.39 is 5.60 Å². The molecule has 6 nitrogen and oxygen atoms in total. The molecule has 2 aromatic rings. The van der Waals surface area contributed by atoms with Gasteiger partial charge in [-0.15, -0.1) is 0 Å². The fourth-order valence-electron chi connectivity index (χ4n) is 1.97. The van der Waals surface area contributed by atoms with Crippen LogP contribution in [-0.4, -0.2) is 43.8 Å². The van der Waals surface area contributed by atoms with Crippen molar-refractivity contribution < 1.29 is 5.11 Å². The quantitative estimate of drug-likeness (QED) is 0.892. The van der Waals surface area contributed by atoms with Crippen molar-refractivity contribution in [2.45, 2.75) is 32.9 Å². The van der Waals surface area contributed by atoms with Crippen LogP contribution in [-0.2, 0) is 6.54 Å². The van der Waals surface area contributed by atoms with Crippen LogP contribution >= 0.6 is 11.3 Å². The zero-order chi connectivity index (χ0) is 14.2. The Morgan fingerprint density at radius 3 is 2.84 bits per heavy atom. The minimum absolute atomic E-state index is 0.157. The van der Waals surface area contributed by atoms with E-state index in [4.69, 9.17) is 0 Å². The number of likely N-dealkylation sites (N-methyl/N-ethyl adjacent to an activating group) is 1. The van der Waals surface area contributed by atoms with Gasteiger partial charge in [0.1, 0.15) is 5.01 Å². The highest BCUT2D eigenvalue weighted by Crippen LogP contribution is 2.14. The van der Waals surface area contributed by atoms with Crippen molar-refractivity contribution in [3.63, 3.8) is 0 Å². The summed E-state index contributed by atoms with van der Waals surface area (Å²) in [6.45, 7) is 6.43. The summed E-state index contributed by atoms with van der Waals surface area (Å²) in [5, 5.41) is 14.8. The normalized spacial score (nSPS) is 12.5. The van der Waals surface area contributed by atoms with Gasteiger partial charge in [-0.1, -0.05) is 11.3 Å². The Balaban J connectivity index is 2.23. The van der Waals surface area contributed by atoms with E-state index in [1.807, 2.05) is 11.9 Å². The third-order valence-electron chi connectivity index (χ3n) is 2.48. The molecule has 0 radical (unpaired) electrons. The molecule has 0 unspecified atom stereocenters. The summed E-state index contributed by atoms with van der Waals surface area (Å²) in [4.78, 5) is 18.6. The Morgan fingerprint density at radius 2 is 2.21 bits per heavy atom. The van der Waals surface area contributed by atoms with Gasteiger partial charge in [0.15, 0.2) is 0 Å². The molecule has 104 valence electrons. The molecule has 0 saturated carbocycles. The summed E-state index contributed by atoms with van der Waals surface area (Å²) in [7, 11) is 1.91. The highest BCUT2D eigenvalue weighted by atomic mass is 32.1. The highest BCUT2D eigenvalue weighted by Gasteiger charge is 2.17. The van der Waals surface area contributed by atoms with Crippen LogP contribution < -0.4 is 5.56 Å². The Morgan fingerprint density at radius 1 is 1.53 bits per heavy atom. The number of hydrogen-bond donors (Lipinski definition) is 1. The average Bonchev–Trinajstić information content (AvgIpc) is 2.56. The first kappa shape index (κ1) is 14.1. The molecule has 19 heavy (non-hydrogen) atoms. The lowest BCUT2D eigenvalue weighted by atomic mass is 10.1. The van der Waals surface area contributed by atoms with Crippen LogP contribution in [0.3, 0.4) is 0 Å². The number of aromatic nitrogens is 3. The van der Waals surface area contributed by atoms with E-state index in [1.165, 1.54) is 21.9 Å². The van der Waals surface area contributed by atoms with Crippen LogP contribution in [0.2, 0.25) is 0 Å². The van der Waals surface area contributed by atoms with Crippen molar-refractivity contribution in [1.82, 2.24) is 19.5 Å². The molecule has 0 aliphatic heterocycles. The maximum Gasteiger partial charge on any atom is 0.275 e. The van der Waals surface area contributed by atoms with E-state index in [0.29, 0.717) is 23.7 Å². The van der Waals surface area contributed by atoms with Gasteiger partial charge in [-0.05, 0) is 27.8 Å². The number of rotatable bonds is 4. The van der Waals surface area contributed by atoms with Crippen molar-refractivity contribution in [2.24, 2.45) is 0 Å². The lowest BCUT2D eigenvalue weighted by Gasteiger charge is -2.24. The van der Waals surface area contributed by atoms with E-state index in [0.717, 1.165) is 5.01 Å². The molecule has 2 aromatic heterocycles. The smallest absolute Gasteiger partial charge is 0.275 e. The predicted octanol–water partition coefficient (Wildman–Crippen LogP) is 0.662. The fraction of sp³-hybridized carbons (Fsp3) is 0.583. The predicted molar refractivity (Wildman–Crippen MR) is 74.5 cm³/mol. The van der Waals surface area contributed by atoms with Crippen LogP contribution in [0.4, 0.5) is 0 Å². The van der Waals surface area contributed by atoms with Crippen molar-refractivity contribution in [3.8, 4) is 0 Å². The van der Waals surface area contributed by atoms with E-state index in [2.05, 4.69) is 10.1 Å². The van der Waals surface area contributed by atoms with Crippen LogP contribution in [0.15, 0.2) is 10.9 Å². The Bertz CT molecular complexity index is 641. The molecule has 0 amide bonds. The molecular weight excluding hydrogens is 264 g/mol. The highest BCUT2D eigenvalue weighted by molar-refractivity contribution is 7.16. The molecule has 0 aliphatic carbocycles. The SMILES string of the molecule is Cc1cc(=O)n2nc(CN(C)CC(C)(C)O)sc2n1. The van der Waals surface area contributed by atoms with Gasteiger partial charge >= 0.3 is 0 Å². The first-order valence-electron chi connectivity index (χ1n) is 6.02. The van der Waals surface area contributed by atoms with Gasteiger partial charge in [-0.25, -0.2) is 4.98 Å². The maximum absolute atomic E-state index is 11.7. The number of fused-ring (bicyclic) bond motifs is 1. The molecule has 0 aliphatic rings. The fourth-order valence-corrected chi connectivity index (χ4v) is 3.00. The minimum Gasteiger partial charge on any atom is -0.389 e. The van der Waals surface area contributed by atoms with Crippen molar-refractivity contribution in [2.75, 3.05) is 13.6 Å². The summed E-state index contributed by atoms with van der Waals surface area (Å²) in [5.41, 5.74) is -0.211. The van der Waals surface area contributed by atoms with E-state index >= 15 is 0 Å². The first-order chi connectivity index (χ1) is 8.74. The van der Waals surface area contributed by atoms with Crippen molar-refractivity contribution >= 4 is 16.3 Å². The number of aryl methyl sites for hydroxylation is 1. The van der Waals surface area contributed by atoms with Gasteiger partial charge in [0.2, 0.25) is 4.96 Å². The monoisotopic (exact) mass is 282 g/mol. The van der Waals surface area contributed by atoms with E-state index in [-0.39, 0.29) is 5.56 Å². The van der Waals surface area contributed by atoms with E-state index in [1.54, 1.807) is 20.8 Å². The Kier molecular flexibility index (Phi) is 3.71. The van der Waals surface area contributed by atoms with Crippen LogP contribution in [0.25, 0.3) is 4.96 Å². The molecule has 7 heteroatoms. The van der Waals surface area contributed by atoms with Crippen LogP contribution in [0, 0.1) is 6.92 Å². The van der Waals surface area contributed by atoms with Gasteiger partial charge in [-0.2, -0.15) is 9.61 Å². The summed E-state index contributed by atoms with van der Waals surface area (Å²) in [6, 6.07) is 1.47. The number of aliphatic hydroxyl groups is 1. The van der Waals surface area contributed by atoms with Crippen LogP contribution in [0.5, 0.6) is 0 Å². The molecule has 0 aromatic carbocycles. The maximum atomic E-state index is 11.7. The second-order valence-corrected chi connectivity index (χ2v) is 6.45. The average molecular weight is 282 g/mol. The summed E-state index contributed by atoms with van der Waals surface area (Å²) in [5.74, 6) is 0. The minimum atomic E-state index is -0.753. The number of hydrogen-bond acceptors (Lipinski definition) is 6. The summed E-state index contributed by atoms with van der Waals surface area (Å²) >= 11 is 1.40. The third-order valence-corrected chi connectivity index (χ3v) is 3.37. The lowest BCUT2D eigenvalue weighted by Crippen LogP contribution is -2.35. The molecule has 2 heterocycles. The van der Waals surface area contributed by atoms with Crippen LogP contribution in [0.1, 0.15) is 24.5 Å². The third kappa shape index (κ3) is 3.59. The zero-order valence-electron chi connectivity index (χ0n) is 11.5. The Labute approximate surface area is 115 Å². The molecular formula is C12H18N4O2S. The molecule has 0 fully saturated rings. The molecule has 0 saturated heterocycles. The second kappa shape index (κ2) is 4.99. The molecule has 0 bridgehead atoms. The summed E-state index contributed by atoms with van der Waals surface area (Å²) in [6.07, 6.45) is 0. The van der Waals surface area contributed by atoms with E-state index in [9.17, 15) is 9.90 Å². The summed E-state index contributed by atoms with van der Waals surface area (Å²) < 4.78 is 1.32. The van der Waals surface area contributed by atoms with Gasteiger partial charge in [0, 0.05) is 18.3 Å². The molecule has 0 spiro atoms. The van der Waals surface area contributed by atoms with Gasteiger partial charge in [0.05, 0.1) is 12.1 Å². The second-order valence-electron chi connectivity index (χ2n) is 5.41. The molecule has 2 rings (SSSR count). The standard InChI is InChI=1S/C12H18N4O2S/c1-8-5-10(17)16-11(13-8)19-9(14-16)6-15(4)7-12(2,3)18/h5,18H,6-7H2,1-4H3. The van der Waals surface area contributed by atoms with Crippen molar-refractivity contribution in [3.05, 3.63) is 27.1 Å². The first-order valence-corrected chi connectivity index (χ1v) is 6.83. The van der Waals surface area contributed by atoms with Gasteiger partial charge in [-0.3, -0.25) is 9.69 Å². The largest absolute Gasteiger partial charge is 0.389 e. The Hall–Kier alpha value is -1.31. The molecule has 0 atom stereocenters. The molecule has 1 N–H and O–H groups in total.